The van der Waals surface area contributed by atoms with E-state index in [9.17, 15) is 4.79 Å². The maximum absolute atomic E-state index is 11.0. The Morgan fingerprint density at radius 1 is 1.54 bits per heavy atom. The van der Waals surface area contributed by atoms with Crippen molar-refractivity contribution in [1.82, 2.24) is 9.97 Å². The summed E-state index contributed by atoms with van der Waals surface area (Å²) in [6.07, 6.45) is 3.11. The lowest BCUT2D eigenvalue weighted by molar-refractivity contribution is 0.568. The summed E-state index contributed by atoms with van der Waals surface area (Å²) in [6.45, 7) is 1.81. The molecule has 66 valence electrons. The Balaban J connectivity index is 2.59. The summed E-state index contributed by atoms with van der Waals surface area (Å²) >= 11 is 0. The first-order valence-corrected chi connectivity index (χ1v) is 3.86. The van der Waals surface area contributed by atoms with E-state index >= 15 is 0 Å². The summed E-state index contributed by atoms with van der Waals surface area (Å²) in [5, 5.41) is 0. The molecule has 1 N–H and O–H groups in total. The van der Waals surface area contributed by atoms with Gasteiger partial charge in [-0.1, -0.05) is 0 Å². The molecule has 2 aromatic heterocycles. The number of hydrogen-bond acceptors (Lipinski definition) is 3. The normalized spacial score (nSPS) is 10.2. The molecule has 0 amide bonds. The Hall–Kier alpha value is -1.84. The van der Waals surface area contributed by atoms with E-state index in [1.807, 2.05) is 6.92 Å². The van der Waals surface area contributed by atoms with E-state index in [4.69, 9.17) is 4.42 Å². The largest absolute Gasteiger partial charge is 0.472 e. The van der Waals surface area contributed by atoms with Crippen LogP contribution in [0.4, 0.5) is 0 Å². The van der Waals surface area contributed by atoms with Gasteiger partial charge in [-0.3, -0.25) is 0 Å². The molecule has 0 saturated heterocycles. The number of H-pyrrole nitrogens is 1. The summed E-state index contributed by atoms with van der Waals surface area (Å²) in [7, 11) is 0. The van der Waals surface area contributed by atoms with E-state index in [1.54, 1.807) is 24.7 Å². The standard InChI is InChI=1S/C9H8N2O2/c1-6-4-8(11-9(12)10-6)7-2-3-13-5-7/h2-5H,1H3,(H,10,11,12). The van der Waals surface area contributed by atoms with Gasteiger partial charge in [0.25, 0.3) is 0 Å². The number of aromatic amines is 1. The smallest absolute Gasteiger partial charge is 0.345 e. The molecule has 2 rings (SSSR count). The molecule has 0 aromatic carbocycles. The minimum absolute atomic E-state index is 0.337. The first-order valence-electron chi connectivity index (χ1n) is 3.86. The molecule has 4 nitrogen and oxygen atoms in total. The van der Waals surface area contributed by atoms with E-state index in [1.165, 1.54) is 0 Å². The van der Waals surface area contributed by atoms with Crippen LogP contribution in [0.2, 0.25) is 0 Å². The van der Waals surface area contributed by atoms with Crippen molar-refractivity contribution in [2.45, 2.75) is 6.92 Å². The van der Waals surface area contributed by atoms with Gasteiger partial charge in [0, 0.05) is 11.3 Å². The molecule has 0 saturated carbocycles. The predicted octanol–water partition coefficient (Wildman–Crippen LogP) is 1.34. The molecule has 0 atom stereocenters. The van der Waals surface area contributed by atoms with E-state index < -0.39 is 0 Å². The Morgan fingerprint density at radius 2 is 2.38 bits per heavy atom. The van der Waals surface area contributed by atoms with E-state index in [-0.39, 0.29) is 5.69 Å². The highest BCUT2D eigenvalue weighted by Crippen LogP contribution is 2.15. The Bertz CT molecular complexity index is 457. The maximum atomic E-state index is 11.0. The average Bonchev–Trinajstić information content (AvgIpc) is 2.53. The van der Waals surface area contributed by atoms with Crippen molar-refractivity contribution in [2.75, 3.05) is 0 Å². The molecule has 0 bridgehead atoms. The second-order valence-electron chi connectivity index (χ2n) is 2.77. The molecule has 0 spiro atoms. The molecule has 4 heteroatoms. The van der Waals surface area contributed by atoms with Gasteiger partial charge in [0.1, 0.15) is 0 Å². The van der Waals surface area contributed by atoms with Crippen LogP contribution in [0.15, 0.2) is 33.9 Å². The van der Waals surface area contributed by atoms with Crippen LogP contribution >= 0.6 is 0 Å². The predicted molar refractivity (Wildman–Crippen MR) is 47.3 cm³/mol. The fraction of sp³-hybridized carbons (Fsp3) is 0.111. The van der Waals surface area contributed by atoms with Gasteiger partial charge < -0.3 is 9.40 Å². The topological polar surface area (TPSA) is 58.9 Å². The third-order valence-corrected chi connectivity index (χ3v) is 1.70. The van der Waals surface area contributed by atoms with Gasteiger partial charge in [0.2, 0.25) is 0 Å². The fourth-order valence-corrected chi connectivity index (χ4v) is 1.14. The van der Waals surface area contributed by atoms with Gasteiger partial charge >= 0.3 is 5.69 Å². The Labute approximate surface area is 74.2 Å². The lowest BCUT2D eigenvalue weighted by atomic mass is 10.2. The number of nitrogens with one attached hydrogen (secondary N) is 1. The van der Waals surface area contributed by atoms with Gasteiger partial charge in [-0.2, -0.15) is 4.98 Å². The first-order chi connectivity index (χ1) is 6.25. The number of nitrogens with zero attached hydrogens (tertiary/aromatic N) is 1. The minimum Gasteiger partial charge on any atom is -0.472 e. The van der Waals surface area contributed by atoms with Gasteiger partial charge in [-0.15, -0.1) is 0 Å². The highest BCUT2D eigenvalue weighted by molar-refractivity contribution is 5.56. The number of rotatable bonds is 1. The minimum atomic E-state index is -0.337. The fourth-order valence-electron chi connectivity index (χ4n) is 1.14. The number of aromatic nitrogens is 2. The zero-order chi connectivity index (χ0) is 9.26. The number of aryl methyl sites for hydroxylation is 1. The number of furan rings is 1. The van der Waals surface area contributed by atoms with Crippen LogP contribution in [-0.2, 0) is 0 Å². The van der Waals surface area contributed by atoms with Crippen LogP contribution in [0, 0.1) is 6.92 Å². The van der Waals surface area contributed by atoms with Crippen molar-refractivity contribution in [1.29, 1.82) is 0 Å². The zero-order valence-electron chi connectivity index (χ0n) is 7.07. The summed E-state index contributed by atoms with van der Waals surface area (Å²) in [5.41, 5.74) is 1.90. The summed E-state index contributed by atoms with van der Waals surface area (Å²) < 4.78 is 4.90. The molecule has 0 aliphatic rings. The molecular weight excluding hydrogens is 168 g/mol. The monoisotopic (exact) mass is 176 g/mol. The second-order valence-corrected chi connectivity index (χ2v) is 2.77. The molecular formula is C9H8N2O2. The molecule has 2 aromatic rings. The van der Waals surface area contributed by atoms with Crippen molar-refractivity contribution >= 4 is 0 Å². The lowest BCUT2D eigenvalue weighted by Gasteiger charge is -1.95. The van der Waals surface area contributed by atoms with Gasteiger partial charge in [0.05, 0.1) is 18.2 Å². The zero-order valence-corrected chi connectivity index (χ0v) is 7.07. The van der Waals surface area contributed by atoms with Gasteiger partial charge in [-0.25, -0.2) is 4.79 Å². The van der Waals surface area contributed by atoms with Crippen molar-refractivity contribution in [2.24, 2.45) is 0 Å². The van der Waals surface area contributed by atoms with Crippen molar-refractivity contribution in [3.05, 3.63) is 40.8 Å². The Kier molecular flexibility index (Phi) is 1.73. The molecule has 0 radical (unpaired) electrons. The van der Waals surface area contributed by atoms with Crippen molar-refractivity contribution < 1.29 is 4.42 Å². The van der Waals surface area contributed by atoms with Crippen LogP contribution in [0.3, 0.4) is 0 Å². The molecule has 0 aliphatic heterocycles. The van der Waals surface area contributed by atoms with Crippen molar-refractivity contribution in [3.63, 3.8) is 0 Å². The van der Waals surface area contributed by atoms with E-state index in [0.29, 0.717) is 5.69 Å². The summed E-state index contributed by atoms with van der Waals surface area (Å²) in [6, 6.07) is 3.56. The average molecular weight is 176 g/mol. The number of hydrogen-bond donors (Lipinski definition) is 1. The SMILES string of the molecule is Cc1cc(-c2ccoc2)nc(=O)[nH]1. The van der Waals surface area contributed by atoms with E-state index in [2.05, 4.69) is 9.97 Å². The Morgan fingerprint density at radius 3 is 3.00 bits per heavy atom. The third-order valence-electron chi connectivity index (χ3n) is 1.70. The molecule has 0 unspecified atom stereocenters. The molecule has 0 fully saturated rings. The quantitative estimate of drug-likeness (QED) is 0.713. The van der Waals surface area contributed by atoms with E-state index in [0.717, 1.165) is 11.3 Å². The maximum Gasteiger partial charge on any atom is 0.345 e. The van der Waals surface area contributed by atoms with Crippen LogP contribution in [0.25, 0.3) is 11.3 Å². The summed E-state index contributed by atoms with van der Waals surface area (Å²) in [5.74, 6) is 0. The molecule has 2 heterocycles. The third kappa shape index (κ3) is 1.51. The first kappa shape index (κ1) is 7.79. The molecule has 0 aliphatic carbocycles. The van der Waals surface area contributed by atoms with Crippen LogP contribution in [-0.4, -0.2) is 9.97 Å². The lowest BCUT2D eigenvalue weighted by Crippen LogP contribution is -2.11. The van der Waals surface area contributed by atoms with Gasteiger partial charge in [0.15, 0.2) is 0 Å². The second kappa shape index (κ2) is 2.90. The van der Waals surface area contributed by atoms with Crippen LogP contribution < -0.4 is 5.69 Å². The summed E-state index contributed by atoms with van der Waals surface area (Å²) in [4.78, 5) is 17.4. The molecule has 13 heavy (non-hydrogen) atoms. The van der Waals surface area contributed by atoms with Gasteiger partial charge in [-0.05, 0) is 19.1 Å². The van der Waals surface area contributed by atoms with Crippen LogP contribution in [0.1, 0.15) is 5.69 Å². The highest BCUT2D eigenvalue weighted by atomic mass is 16.3. The van der Waals surface area contributed by atoms with Crippen molar-refractivity contribution in [3.8, 4) is 11.3 Å². The van der Waals surface area contributed by atoms with Crippen LogP contribution in [0.5, 0.6) is 0 Å². The highest BCUT2D eigenvalue weighted by Gasteiger charge is 2.01.